The Hall–Kier alpha value is -2.16. The molecule has 8 nitrogen and oxygen atoms in total. The number of benzene rings is 1. The summed E-state index contributed by atoms with van der Waals surface area (Å²) in [6, 6.07) is 4.40. The molecule has 25 heavy (non-hydrogen) atoms. The first-order valence-electron chi connectivity index (χ1n) is 7.92. The van der Waals surface area contributed by atoms with E-state index in [0.29, 0.717) is 18.3 Å². The highest BCUT2D eigenvalue weighted by atomic mass is 16.7. The van der Waals surface area contributed by atoms with Crippen molar-refractivity contribution in [2.24, 2.45) is 0 Å². The Morgan fingerprint density at radius 1 is 1.32 bits per heavy atom. The molecule has 1 aromatic rings. The predicted octanol–water partition coefficient (Wildman–Crippen LogP) is 0.926. The summed E-state index contributed by atoms with van der Waals surface area (Å²) < 4.78 is 20.9. The molecule has 2 N–H and O–H groups in total. The third-order valence-corrected chi connectivity index (χ3v) is 3.14. The number of aldehydes is 1. The molecule has 0 aromatic heterocycles. The molecule has 2 atom stereocenters. The zero-order valence-electron chi connectivity index (χ0n) is 14.3. The van der Waals surface area contributed by atoms with Crippen molar-refractivity contribution in [3.63, 3.8) is 0 Å². The van der Waals surface area contributed by atoms with Crippen LogP contribution < -0.4 is 9.47 Å². The molecule has 0 spiro atoms. The van der Waals surface area contributed by atoms with Crippen molar-refractivity contribution >= 4 is 12.3 Å². The number of unbranched alkanes of at least 4 members (excludes halogenated alkanes) is 1. The van der Waals surface area contributed by atoms with Gasteiger partial charge in [0.25, 0.3) is 6.29 Å². The van der Waals surface area contributed by atoms with E-state index < -0.39 is 25.0 Å². The molecule has 0 bridgehead atoms. The highest BCUT2D eigenvalue weighted by Gasteiger charge is 2.25. The van der Waals surface area contributed by atoms with Gasteiger partial charge < -0.3 is 29.2 Å². The van der Waals surface area contributed by atoms with E-state index in [-0.39, 0.29) is 24.7 Å². The Bertz CT molecular complexity index is 545. The van der Waals surface area contributed by atoms with Crippen molar-refractivity contribution in [2.75, 3.05) is 26.9 Å². The molecule has 0 saturated heterocycles. The summed E-state index contributed by atoms with van der Waals surface area (Å²) in [6.07, 6.45) is -0.418. The van der Waals surface area contributed by atoms with E-state index in [1.165, 1.54) is 25.3 Å². The van der Waals surface area contributed by atoms with Crippen LogP contribution >= 0.6 is 0 Å². The molecule has 0 heterocycles. The second-order valence-electron chi connectivity index (χ2n) is 5.17. The van der Waals surface area contributed by atoms with Crippen LogP contribution in [0.1, 0.15) is 30.1 Å². The van der Waals surface area contributed by atoms with Gasteiger partial charge in [0.1, 0.15) is 12.4 Å². The average molecular weight is 356 g/mol. The first-order valence-corrected chi connectivity index (χ1v) is 7.92. The molecule has 0 amide bonds. The SMILES string of the molecule is CCCCOC(=O)C(OCC(O)CO)Oc1ccc(C=O)cc1OC. The smallest absolute Gasteiger partial charge is 0.376 e. The van der Waals surface area contributed by atoms with Gasteiger partial charge in [0, 0.05) is 5.56 Å². The quantitative estimate of drug-likeness (QED) is 0.246. The zero-order valence-corrected chi connectivity index (χ0v) is 14.3. The lowest BCUT2D eigenvalue weighted by Crippen LogP contribution is -2.35. The molecule has 0 aliphatic rings. The van der Waals surface area contributed by atoms with Gasteiger partial charge in [0.05, 0.1) is 26.9 Å². The van der Waals surface area contributed by atoms with Crippen molar-refractivity contribution in [1.29, 1.82) is 0 Å². The summed E-state index contributed by atoms with van der Waals surface area (Å²) in [5.41, 5.74) is 0.378. The van der Waals surface area contributed by atoms with Gasteiger partial charge in [-0.15, -0.1) is 0 Å². The number of hydrogen-bond acceptors (Lipinski definition) is 8. The molecule has 0 aliphatic carbocycles. The second-order valence-corrected chi connectivity index (χ2v) is 5.17. The Labute approximate surface area is 146 Å². The summed E-state index contributed by atoms with van der Waals surface area (Å²) in [4.78, 5) is 23.0. The minimum atomic E-state index is -1.45. The molecule has 8 heteroatoms. The minimum absolute atomic E-state index is 0.170. The van der Waals surface area contributed by atoms with Crippen molar-refractivity contribution in [3.8, 4) is 11.5 Å². The molecule has 1 rings (SSSR count). The number of methoxy groups -OCH3 is 1. The van der Waals surface area contributed by atoms with Crippen molar-refractivity contribution in [2.45, 2.75) is 32.2 Å². The van der Waals surface area contributed by atoms with Gasteiger partial charge in [-0.05, 0) is 24.6 Å². The second kappa shape index (κ2) is 11.4. The fourth-order valence-electron chi connectivity index (χ4n) is 1.76. The van der Waals surface area contributed by atoms with Crippen LogP contribution in [0.25, 0.3) is 0 Å². The predicted molar refractivity (Wildman–Crippen MR) is 87.7 cm³/mol. The Kier molecular flexibility index (Phi) is 9.53. The largest absolute Gasteiger partial charge is 0.493 e. The summed E-state index contributed by atoms with van der Waals surface area (Å²) in [5, 5.41) is 18.2. The van der Waals surface area contributed by atoms with Gasteiger partial charge in [-0.25, -0.2) is 4.79 Å². The van der Waals surface area contributed by atoms with E-state index in [4.69, 9.17) is 24.1 Å². The number of esters is 1. The summed E-state index contributed by atoms with van der Waals surface area (Å²) in [7, 11) is 1.39. The van der Waals surface area contributed by atoms with E-state index in [2.05, 4.69) is 0 Å². The number of rotatable bonds is 12. The van der Waals surface area contributed by atoms with E-state index in [1.54, 1.807) is 0 Å². The molecule has 1 aromatic carbocycles. The van der Waals surface area contributed by atoms with Crippen LogP contribution in [-0.4, -0.2) is 61.8 Å². The topological polar surface area (TPSA) is 112 Å². The van der Waals surface area contributed by atoms with Gasteiger partial charge >= 0.3 is 5.97 Å². The number of aliphatic hydroxyl groups excluding tert-OH is 2. The Balaban J connectivity index is 2.87. The van der Waals surface area contributed by atoms with Crippen LogP contribution in [0.2, 0.25) is 0 Å². The Morgan fingerprint density at radius 3 is 2.68 bits per heavy atom. The molecule has 2 unspecified atom stereocenters. The first kappa shape index (κ1) is 20.9. The third kappa shape index (κ3) is 7.08. The van der Waals surface area contributed by atoms with E-state index in [0.717, 1.165) is 6.42 Å². The lowest BCUT2D eigenvalue weighted by Gasteiger charge is -2.20. The third-order valence-electron chi connectivity index (χ3n) is 3.14. The number of aliphatic hydroxyl groups is 2. The summed E-state index contributed by atoms with van der Waals surface area (Å²) in [5.74, 6) is -0.355. The molecule has 0 aliphatic heterocycles. The van der Waals surface area contributed by atoms with Crippen LogP contribution in [-0.2, 0) is 14.3 Å². The number of hydrogen-bond donors (Lipinski definition) is 2. The zero-order chi connectivity index (χ0) is 18.7. The van der Waals surface area contributed by atoms with Crippen LogP contribution in [0.15, 0.2) is 18.2 Å². The minimum Gasteiger partial charge on any atom is -0.493 e. The maximum atomic E-state index is 12.1. The number of ether oxygens (including phenoxy) is 4. The van der Waals surface area contributed by atoms with E-state index in [9.17, 15) is 14.7 Å². The van der Waals surface area contributed by atoms with Crippen molar-refractivity contribution < 1.29 is 38.7 Å². The van der Waals surface area contributed by atoms with Crippen LogP contribution in [0, 0.1) is 0 Å². The standard InChI is InChI=1S/C17H24O8/c1-3-4-7-23-16(21)17(24-11-13(20)10-19)25-14-6-5-12(9-18)8-15(14)22-2/h5-6,8-9,13,17,19-20H,3-4,7,10-11H2,1-2H3. The molecule has 0 fully saturated rings. The van der Waals surface area contributed by atoms with Crippen LogP contribution in [0.4, 0.5) is 0 Å². The van der Waals surface area contributed by atoms with E-state index in [1.807, 2.05) is 6.92 Å². The monoisotopic (exact) mass is 356 g/mol. The summed E-state index contributed by atoms with van der Waals surface area (Å²) >= 11 is 0. The van der Waals surface area contributed by atoms with Crippen molar-refractivity contribution in [3.05, 3.63) is 23.8 Å². The normalized spacial score (nSPS) is 13.0. The highest BCUT2D eigenvalue weighted by Crippen LogP contribution is 2.29. The van der Waals surface area contributed by atoms with E-state index >= 15 is 0 Å². The lowest BCUT2D eigenvalue weighted by atomic mass is 10.2. The highest BCUT2D eigenvalue weighted by molar-refractivity contribution is 5.77. The van der Waals surface area contributed by atoms with Gasteiger partial charge in [-0.3, -0.25) is 4.79 Å². The number of carbonyl (C=O) groups is 2. The van der Waals surface area contributed by atoms with Gasteiger partial charge in [0.15, 0.2) is 11.5 Å². The molecule has 0 saturated carbocycles. The van der Waals surface area contributed by atoms with Crippen molar-refractivity contribution in [1.82, 2.24) is 0 Å². The van der Waals surface area contributed by atoms with Gasteiger partial charge in [-0.1, -0.05) is 13.3 Å². The molecular formula is C17H24O8. The van der Waals surface area contributed by atoms with Crippen LogP contribution in [0.3, 0.4) is 0 Å². The summed E-state index contributed by atoms with van der Waals surface area (Å²) in [6.45, 7) is 1.32. The maximum absolute atomic E-state index is 12.1. The fourth-order valence-corrected chi connectivity index (χ4v) is 1.76. The molecule has 140 valence electrons. The Morgan fingerprint density at radius 2 is 2.08 bits per heavy atom. The average Bonchev–Trinajstić information content (AvgIpc) is 2.64. The van der Waals surface area contributed by atoms with Gasteiger partial charge in [-0.2, -0.15) is 0 Å². The van der Waals surface area contributed by atoms with Crippen LogP contribution in [0.5, 0.6) is 11.5 Å². The molecular weight excluding hydrogens is 332 g/mol. The maximum Gasteiger partial charge on any atom is 0.376 e. The number of carbonyl (C=O) groups excluding carboxylic acids is 2. The fraction of sp³-hybridized carbons (Fsp3) is 0.529. The molecule has 0 radical (unpaired) electrons. The first-order chi connectivity index (χ1) is 12.0. The van der Waals surface area contributed by atoms with Gasteiger partial charge in [0.2, 0.25) is 0 Å². The lowest BCUT2D eigenvalue weighted by molar-refractivity contribution is -0.182.